The highest BCUT2D eigenvalue weighted by atomic mass is 16.1. The van der Waals surface area contributed by atoms with Crippen LogP contribution in [-0.2, 0) is 5.54 Å². The van der Waals surface area contributed by atoms with E-state index in [1.165, 1.54) is 22.4 Å². The van der Waals surface area contributed by atoms with Crippen molar-refractivity contribution in [3.63, 3.8) is 0 Å². The summed E-state index contributed by atoms with van der Waals surface area (Å²) in [6.07, 6.45) is 0. The second kappa shape index (κ2) is 9.41. The number of aryl methyl sites for hydroxylation is 3. The summed E-state index contributed by atoms with van der Waals surface area (Å²) < 4.78 is 1.86. The number of aromatic amines is 1. The molecule has 1 aliphatic rings. The first-order valence-corrected chi connectivity index (χ1v) is 13.0. The predicted molar refractivity (Wildman–Crippen MR) is 148 cm³/mol. The molecule has 1 fully saturated rings. The van der Waals surface area contributed by atoms with E-state index in [-0.39, 0.29) is 17.1 Å². The van der Waals surface area contributed by atoms with E-state index >= 15 is 0 Å². The first-order valence-electron chi connectivity index (χ1n) is 13.0. The zero-order valence-corrected chi connectivity index (χ0v) is 23.0. The third kappa shape index (κ3) is 4.66. The van der Waals surface area contributed by atoms with E-state index in [1.54, 1.807) is 0 Å². The molecule has 1 aliphatic heterocycles. The molecule has 1 saturated heterocycles. The first kappa shape index (κ1) is 25.1. The Bertz CT molecular complexity index is 1500. The summed E-state index contributed by atoms with van der Waals surface area (Å²) in [6.45, 7) is 18.0. The molecule has 8 nitrogen and oxygen atoms in total. The molecule has 0 amide bonds. The van der Waals surface area contributed by atoms with Gasteiger partial charge in [-0.15, -0.1) is 5.10 Å². The lowest BCUT2D eigenvalue weighted by atomic mass is 9.99. The number of hydrogen-bond donors (Lipinski definition) is 1. The van der Waals surface area contributed by atoms with Gasteiger partial charge in [0, 0.05) is 37.4 Å². The van der Waals surface area contributed by atoms with Gasteiger partial charge in [0.2, 0.25) is 0 Å². The summed E-state index contributed by atoms with van der Waals surface area (Å²) in [4.78, 5) is 21.6. The molecule has 3 heterocycles. The van der Waals surface area contributed by atoms with Crippen molar-refractivity contribution in [2.45, 2.75) is 60.0 Å². The van der Waals surface area contributed by atoms with Gasteiger partial charge in [-0.3, -0.25) is 9.69 Å². The summed E-state index contributed by atoms with van der Waals surface area (Å²) in [5.41, 5.74) is 7.28. The molecular formula is C29H37N7O. The number of nitrogens with zero attached hydrogens (tertiary/aromatic N) is 6. The fraction of sp³-hybridized carbons (Fsp3) is 0.448. The second-order valence-corrected chi connectivity index (χ2v) is 11.4. The maximum atomic E-state index is 13.6. The van der Waals surface area contributed by atoms with Crippen LogP contribution in [0.2, 0.25) is 0 Å². The molecule has 0 spiro atoms. The smallest absolute Gasteiger partial charge is 0.253 e. The average Bonchev–Trinajstić information content (AvgIpc) is 3.33. The van der Waals surface area contributed by atoms with Crippen LogP contribution in [-0.4, -0.2) is 56.3 Å². The molecule has 0 bridgehead atoms. The van der Waals surface area contributed by atoms with Gasteiger partial charge >= 0.3 is 0 Å². The highest BCUT2D eigenvalue weighted by molar-refractivity contribution is 5.83. The van der Waals surface area contributed by atoms with Gasteiger partial charge < -0.3 is 9.88 Å². The van der Waals surface area contributed by atoms with Crippen molar-refractivity contribution in [2.75, 3.05) is 31.1 Å². The lowest BCUT2D eigenvalue weighted by molar-refractivity contribution is 0.190. The van der Waals surface area contributed by atoms with Crippen molar-refractivity contribution >= 4 is 16.6 Å². The van der Waals surface area contributed by atoms with Crippen LogP contribution < -0.4 is 10.5 Å². The average molecular weight is 500 g/mol. The summed E-state index contributed by atoms with van der Waals surface area (Å²) in [6, 6.07) is 12.4. The first-order chi connectivity index (χ1) is 17.5. The third-order valence-corrected chi connectivity index (χ3v) is 7.59. The van der Waals surface area contributed by atoms with Crippen molar-refractivity contribution < 1.29 is 0 Å². The number of H-pyrrole nitrogens is 1. The molecule has 37 heavy (non-hydrogen) atoms. The molecule has 2 aromatic heterocycles. The van der Waals surface area contributed by atoms with Crippen LogP contribution in [0.5, 0.6) is 0 Å². The van der Waals surface area contributed by atoms with Gasteiger partial charge in [0.25, 0.3) is 5.56 Å². The van der Waals surface area contributed by atoms with Crippen LogP contribution in [0.15, 0.2) is 41.2 Å². The van der Waals surface area contributed by atoms with Gasteiger partial charge in [-0.05, 0) is 99.2 Å². The minimum absolute atomic E-state index is 0.0927. The molecule has 1 atom stereocenters. The fourth-order valence-electron chi connectivity index (χ4n) is 5.55. The van der Waals surface area contributed by atoms with Gasteiger partial charge in [0.1, 0.15) is 6.04 Å². The lowest BCUT2D eigenvalue weighted by Gasteiger charge is -2.40. The Morgan fingerprint density at radius 3 is 2.38 bits per heavy atom. The summed E-state index contributed by atoms with van der Waals surface area (Å²) in [7, 11) is 0. The predicted octanol–water partition coefficient (Wildman–Crippen LogP) is 4.41. The van der Waals surface area contributed by atoms with Gasteiger partial charge in [-0.25, -0.2) is 4.68 Å². The topological polar surface area (TPSA) is 82.9 Å². The van der Waals surface area contributed by atoms with Crippen LogP contribution in [0.1, 0.15) is 60.5 Å². The van der Waals surface area contributed by atoms with E-state index in [9.17, 15) is 4.79 Å². The van der Waals surface area contributed by atoms with Crippen LogP contribution >= 0.6 is 0 Å². The zero-order chi connectivity index (χ0) is 26.5. The minimum Gasteiger partial charge on any atom is -0.369 e. The minimum atomic E-state index is -0.357. The molecule has 0 unspecified atom stereocenters. The van der Waals surface area contributed by atoms with E-state index in [0.717, 1.165) is 42.6 Å². The Morgan fingerprint density at radius 1 is 0.946 bits per heavy atom. The number of pyridine rings is 1. The molecule has 194 valence electrons. The number of aromatic nitrogens is 5. The quantitative estimate of drug-likeness (QED) is 0.448. The molecule has 4 aromatic rings. The van der Waals surface area contributed by atoms with Crippen molar-refractivity contribution in [1.29, 1.82) is 0 Å². The van der Waals surface area contributed by atoms with Crippen molar-refractivity contribution in [3.05, 3.63) is 80.4 Å². The fourth-order valence-corrected chi connectivity index (χ4v) is 5.55. The summed E-state index contributed by atoms with van der Waals surface area (Å²) in [5, 5.41) is 13.9. The summed E-state index contributed by atoms with van der Waals surface area (Å²) in [5.74, 6) is 0.696. The molecule has 0 radical (unpaired) electrons. The Balaban J connectivity index is 1.58. The number of benzene rings is 2. The number of fused-ring (bicyclic) bond motifs is 1. The Hall–Kier alpha value is -3.52. The van der Waals surface area contributed by atoms with Gasteiger partial charge in [-0.1, -0.05) is 23.8 Å². The highest BCUT2D eigenvalue weighted by Gasteiger charge is 2.35. The molecule has 2 aromatic carbocycles. The normalized spacial score (nSPS) is 15.9. The third-order valence-electron chi connectivity index (χ3n) is 7.59. The molecule has 5 rings (SSSR count). The number of anilines is 1. The van der Waals surface area contributed by atoms with Gasteiger partial charge in [-0.2, -0.15) is 0 Å². The standard InChI is InChI=1S/C29H37N7O/c1-18-15-20(3)25-22(16-18)17-23(28(37)30-25)26(27-31-32-33-36(27)29(5,6)7)35-13-11-34(12-14-35)24-10-8-9-19(2)21(24)4/h8-10,15-17,26H,11-14H2,1-7H3,(H,30,37)/t26-/m0/s1. The largest absolute Gasteiger partial charge is 0.369 e. The van der Waals surface area contributed by atoms with Crippen LogP contribution in [0.4, 0.5) is 5.69 Å². The number of rotatable bonds is 4. The van der Waals surface area contributed by atoms with Gasteiger partial charge in [0.05, 0.1) is 11.1 Å². The Labute approximate surface area is 218 Å². The summed E-state index contributed by atoms with van der Waals surface area (Å²) >= 11 is 0. The molecular weight excluding hydrogens is 462 g/mol. The maximum absolute atomic E-state index is 13.6. The SMILES string of the molecule is Cc1cc(C)c2[nH]c(=O)c([C@@H](c3nnnn3C(C)(C)C)N3CCN(c4cccc(C)c4C)CC3)cc2c1. The Morgan fingerprint density at radius 2 is 1.68 bits per heavy atom. The Kier molecular flexibility index (Phi) is 6.40. The number of piperazine rings is 1. The number of hydrogen-bond acceptors (Lipinski definition) is 6. The van der Waals surface area contributed by atoms with Crippen molar-refractivity contribution in [1.82, 2.24) is 30.1 Å². The highest BCUT2D eigenvalue weighted by Crippen LogP contribution is 2.32. The lowest BCUT2D eigenvalue weighted by Crippen LogP contribution is -2.49. The van der Waals surface area contributed by atoms with E-state index in [0.29, 0.717) is 11.4 Å². The van der Waals surface area contributed by atoms with Crippen LogP contribution in [0.25, 0.3) is 10.9 Å². The van der Waals surface area contributed by atoms with E-state index < -0.39 is 0 Å². The van der Waals surface area contributed by atoms with Crippen LogP contribution in [0, 0.1) is 27.7 Å². The van der Waals surface area contributed by atoms with Crippen LogP contribution in [0.3, 0.4) is 0 Å². The number of nitrogens with one attached hydrogen (secondary N) is 1. The van der Waals surface area contributed by atoms with E-state index in [1.807, 2.05) is 17.7 Å². The van der Waals surface area contributed by atoms with Crippen molar-refractivity contribution in [2.24, 2.45) is 0 Å². The molecule has 8 heteroatoms. The molecule has 0 aliphatic carbocycles. The monoisotopic (exact) mass is 499 g/mol. The van der Waals surface area contributed by atoms with Gasteiger partial charge in [0.15, 0.2) is 5.82 Å². The van der Waals surface area contributed by atoms with Crippen molar-refractivity contribution in [3.8, 4) is 0 Å². The zero-order valence-electron chi connectivity index (χ0n) is 23.0. The molecule has 0 saturated carbocycles. The number of tetrazole rings is 1. The van der Waals surface area contributed by atoms with E-state index in [2.05, 4.69) is 102 Å². The second-order valence-electron chi connectivity index (χ2n) is 11.4. The molecule has 1 N–H and O–H groups in total. The maximum Gasteiger partial charge on any atom is 0.253 e. The van der Waals surface area contributed by atoms with E-state index in [4.69, 9.17) is 0 Å².